The number of alkyl halides is 2. The van der Waals surface area contributed by atoms with E-state index in [1.165, 1.54) is 0 Å². The fraction of sp³-hybridized carbons (Fsp3) is 0.636. The number of fused-ring (bicyclic) bond motifs is 1. The molecule has 0 spiro atoms. The molecule has 0 bridgehead atoms. The first-order valence-corrected chi connectivity index (χ1v) is 5.94. The zero-order chi connectivity index (χ0) is 12.3. The van der Waals surface area contributed by atoms with Gasteiger partial charge < -0.3 is 4.74 Å². The average Bonchev–Trinajstić information content (AvgIpc) is 2.72. The molecule has 1 aromatic heterocycles. The Labute approximate surface area is 103 Å². The molecule has 94 valence electrons. The van der Waals surface area contributed by atoms with Crippen LogP contribution in [0.25, 0.3) is 0 Å². The van der Waals surface area contributed by atoms with Crippen LogP contribution in [0.1, 0.15) is 23.5 Å². The minimum atomic E-state index is -2.43. The number of rotatable bonds is 5. The third kappa shape index (κ3) is 3.33. The predicted molar refractivity (Wildman–Crippen MR) is 59.6 cm³/mol. The lowest BCUT2D eigenvalue weighted by Crippen LogP contribution is -2.09. The fourth-order valence-electron chi connectivity index (χ4n) is 1.88. The summed E-state index contributed by atoms with van der Waals surface area (Å²) < 4.78 is 28.4. The molecule has 0 amide bonds. The highest BCUT2D eigenvalue weighted by Crippen LogP contribution is 2.25. The lowest BCUT2D eigenvalue weighted by Gasteiger charge is -2.06. The van der Waals surface area contributed by atoms with Crippen molar-refractivity contribution in [3.63, 3.8) is 0 Å². The van der Waals surface area contributed by atoms with Gasteiger partial charge in [-0.25, -0.2) is 18.7 Å². The summed E-state index contributed by atoms with van der Waals surface area (Å²) in [6, 6.07) is 0. The van der Waals surface area contributed by atoms with E-state index in [1.54, 1.807) is 0 Å². The molecule has 1 aliphatic rings. The molecule has 1 heterocycles. The summed E-state index contributed by atoms with van der Waals surface area (Å²) in [5.74, 6) is 0.574. The van der Waals surface area contributed by atoms with Crippen molar-refractivity contribution in [2.24, 2.45) is 0 Å². The molecule has 0 aromatic carbocycles. The summed E-state index contributed by atoms with van der Waals surface area (Å²) in [5.41, 5.74) is 2.03. The van der Waals surface area contributed by atoms with Gasteiger partial charge in [-0.1, -0.05) is 11.6 Å². The van der Waals surface area contributed by atoms with Crippen LogP contribution in [0.5, 0.6) is 0 Å². The Morgan fingerprint density at radius 1 is 1.29 bits per heavy atom. The molecule has 0 saturated heterocycles. The molecule has 0 saturated carbocycles. The standard InChI is InChI=1S/C11H13ClF2N2O/c12-11-7-2-1-3-8(7)15-10(16-11)4-5-17-6-9(13)14/h9H,1-6H2. The number of ether oxygens (including phenoxy) is 1. The van der Waals surface area contributed by atoms with Gasteiger partial charge in [0.2, 0.25) is 0 Å². The molecule has 2 rings (SSSR count). The topological polar surface area (TPSA) is 35.0 Å². The molecule has 6 heteroatoms. The van der Waals surface area contributed by atoms with Crippen LogP contribution < -0.4 is 0 Å². The highest BCUT2D eigenvalue weighted by atomic mass is 35.5. The summed E-state index contributed by atoms with van der Waals surface area (Å²) in [5, 5.41) is 0.497. The molecule has 17 heavy (non-hydrogen) atoms. The Bertz CT molecular complexity index is 401. The maximum absolute atomic E-state index is 11.8. The lowest BCUT2D eigenvalue weighted by molar-refractivity contribution is 0.0182. The Kier molecular flexibility index (Phi) is 4.23. The minimum Gasteiger partial charge on any atom is -0.375 e. The van der Waals surface area contributed by atoms with E-state index in [9.17, 15) is 8.78 Å². The van der Waals surface area contributed by atoms with Gasteiger partial charge in [0, 0.05) is 17.7 Å². The first kappa shape index (κ1) is 12.6. The van der Waals surface area contributed by atoms with E-state index in [4.69, 9.17) is 16.3 Å². The molecular formula is C11H13ClF2N2O. The van der Waals surface area contributed by atoms with Crippen LogP contribution in [-0.4, -0.2) is 29.6 Å². The van der Waals surface area contributed by atoms with Crippen molar-refractivity contribution in [1.82, 2.24) is 9.97 Å². The fourth-order valence-corrected chi connectivity index (χ4v) is 2.18. The quantitative estimate of drug-likeness (QED) is 0.604. The molecule has 1 aromatic rings. The predicted octanol–water partition coefficient (Wildman–Crippen LogP) is 2.44. The highest BCUT2D eigenvalue weighted by Gasteiger charge is 2.17. The van der Waals surface area contributed by atoms with Crippen molar-refractivity contribution in [2.75, 3.05) is 13.2 Å². The second-order valence-electron chi connectivity index (χ2n) is 3.93. The van der Waals surface area contributed by atoms with Gasteiger partial charge in [0.05, 0.1) is 6.61 Å². The Hall–Kier alpha value is -0.810. The summed E-state index contributed by atoms with van der Waals surface area (Å²) in [6.07, 6.45) is 0.882. The Morgan fingerprint density at radius 2 is 2.12 bits per heavy atom. The number of nitrogens with zero attached hydrogens (tertiary/aromatic N) is 2. The van der Waals surface area contributed by atoms with Gasteiger partial charge in [-0.3, -0.25) is 0 Å². The molecule has 0 N–H and O–H groups in total. The van der Waals surface area contributed by atoms with Crippen molar-refractivity contribution < 1.29 is 13.5 Å². The van der Waals surface area contributed by atoms with E-state index in [0.717, 1.165) is 30.5 Å². The summed E-state index contributed by atoms with van der Waals surface area (Å²) in [6.45, 7) is -0.349. The van der Waals surface area contributed by atoms with E-state index in [0.29, 0.717) is 17.4 Å². The first-order chi connectivity index (χ1) is 8.16. The van der Waals surface area contributed by atoms with E-state index in [-0.39, 0.29) is 6.61 Å². The second-order valence-corrected chi connectivity index (χ2v) is 4.28. The lowest BCUT2D eigenvalue weighted by atomic mass is 10.2. The number of aromatic nitrogens is 2. The van der Waals surface area contributed by atoms with Gasteiger partial charge in [0.1, 0.15) is 17.6 Å². The van der Waals surface area contributed by atoms with E-state index in [2.05, 4.69) is 9.97 Å². The van der Waals surface area contributed by atoms with Crippen molar-refractivity contribution in [3.05, 3.63) is 22.2 Å². The van der Waals surface area contributed by atoms with Crippen LogP contribution in [-0.2, 0) is 24.0 Å². The average molecular weight is 263 g/mol. The van der Waals surface area contributed by atoms with Crippen LogP contribution in [0.2, 0.25) is 5.15 Å². The maximum Gasteiger partial charge on any atom is 0.261 e. The zero-order valence-electron chi connectivity index (χ0n) is 9.26. The summed E-state index contributed by atoms with van der Waals surface area (Å²) in [4.78, 5) is 8.52. The molecule has 0 atom stereocenters. The molecule has 1 aliphatic carbocycles. The number of halogens is 3. The van der Waals surface area contributed by atoms with Crippen LogP contribution in [0, 0.1) is 0 Å². The zero-order valence-corrected chi connectivity index (χ0v) is 10.0. The van der Waals surface area contributed by atoms with Crippen LogP contribution in [0.15, 0.2) is 0 Å². The largest absolute Gasteiger partial charge is 0.375 e. The highest BCUT2D eigenvalue weighted by molar-refractivity contribution is 6.30. The molecule has 0 aliphatic heterocycles. The van der Waals surface area contributed by atoms with Crippen molar-refractivity contribution in [3.8, 4) is 0 Å². The SMILES string of the molecule is FC(F)COCCc1nc(Cl)c2c(n1)CCC2. The second kappa shape index (κ2) is 5.69. The van der Waals surface area contributed by atoms with Crippen molar-refractivity contribution in [2.45, 2.75) is 32.1 Å². The number of hydrogen-bond acceptors (Lipinski definition) is 3. The van der Waals surface area contributed by atoms with Gasteiger partial charge in [0.15, 0.2) is 0 Å². The monoisotopic (exact) mass is 262 g/mol. The van der Waals surface area contributed by atoms with E-state index >= 15 is 0 Å². The number of aryl methyl sites for hydroxylation is 1. The Morgan fingerprint density at radius 3 is 2.88 bits per heavy atom. The van der Waals surface area contributed by atoms with E-state index in [1.807, 2.05) is 0 Å². The van der Waals surface area contributed by atoms with Crippen molar-refractivity contribution in [1.29, 1.82) is 0 Å². The molecule has 0 radical (unpaired) electrons. The maximum atomic E-state index is 11.8. The third-order valence-corrected chi connectivity index (χ3v) is 2.96. The van der Waals surface area contributed by atoms with Crippen LogP contribution in [0.4, 0.5) is 8.78 Å². The van der Waals surface area contributed by atoms with Crippen molar-refractivity contribution >= 4 is 11.6 Å². The summed E-state index contributed by atoms with van der Waals surface area (Å²) in [7, 11) is 0. The van der Waals surface area contributed by atoms with Gasteiger partial charge >= 0.3 is 0 Å². The Balaban J connectivity index is 1.91. The summed E-state index contributed by atoms with van der Waals surface area (Å²) >= 11 is 6.03. The molecular weight excluding hydrogens is 250 g/mol. The van der Waals surface area contributed by atoms with Gasteiger partial charge in [-0.15, -0.1) is 0 Å². The van der Waals surface area contributed by atoms with Gasteiger partial charge in [0.25, 0.3) is 6.43 Å². The minimum absolute atomic E-state index is 0.194. The van der Waals surface area contributed by atoms with Gasteiger partial charge in [-0.05, 0) is 19.3 Å². The number of hydrogen-bond donors (Lipinski definition) is 0. The van der Waals surface area contributed by atoms with Crippen LogP contribution in [0.3, 0.4) is 0 Å². The van der Waals surface area contributed by atoms with E-state index < -0.39 is 13.0 Å². The molecule has 3 nitrogen and oxygen atoms in total. The normalized spacial score (nSPS) is 14.4. The first-order valence-electron chi connectivity index (χ1n) is 5.57. The molecule has 0 unspecified atom stereocenters. The smallest absolute Gasteiger partial charge is 0.261 e. The van der Waals surface area contributed by atoms with Crippen LogP contribution >= 0.6 is 11.6 Å². The third-order valence-electron chi connectivity index (χ3n) is 2.64. The molecule has 0 fully saturated rings. The van der Waals surface area contributed by atoms with Gasteiger partial charge in [-0.2, -0.15) is 0 Å².